The van der Waals surface area contributed by atoms with Crippen LogP contribution in [0.1, 0.15) is 74.9 Å². The number of hydrogen-bond donors (Lipinski definition) is 0. The fraction of sp³-hybridized carbons (Fsp3) is 0.107. The van der Waals surface area contributed by atoms with Crippen LogP contribution in [0, 0.1) is 0 Å². The highest BCUT2D eigenvalue weighted by molar-refractivity contribution is 6.14. The van der Waals surface area contributed by atoms with Gasteiger partial charge in [0.15, 0.2) is 17.5 Å². The molecular weight excluding hydrogens is 1090 g/mol. The Balaban J connectivity index is 0.789. The Bertz CT molecular complexity index is 5580. The molecule has 90 heavy (non-hydrogen) atoms. The van der Waals surface area contributed by atoms with Gasteiger partial charge in [0, 0.05) is 82.3 Å². The van der Waals surface area contributed by atoms with Gasteiger partial charge >= 0.3 is 0 Å². The van der Waals surface area contributed by atoms with Crippen LogP contribution in [0.25, 0.3) is 150 Å². The van der Waals surface area contributed by atoms with E-state index in [-0.39, 0.29) is 16.2 Å². The van der Waals surface area contributed by atoms with Crippen LogP contribution in [0.15, 0.2) is 255 Å². The van der Waals surface area contributed by atoms with Gasteiger partial charge in [0.1, 0.15) is 0 Å². The van der Waals surface area contributed by atoms with Crippen molar-refractivity contribution < 1.29 is 0 Å². The molecule has 4 aromatic heterocycles. The average molecular weight is 1150 g/mol. The van der Waals surface area contributed by atoms with Gasteiger partial charge in [-0.05, 0) is 170 Å². The van der Waals surface area contributed by atoms with Crippen molar-refractivity contribution >= 4 is 65.4 Å². The molecule has 0 radical (unpaired) electrons. The molecule has 6 heteroatoms. The Hall–Kier alpha value is -11.0. The van der Waals surface area contributed by atoms with Gasteiger partial charge in [-0.3, -0.25) is 0 Å². The van der Waals surface area contributed by atoms with Gasteiger partial charge in [0.05, 0.1) is 33.1 Å². The van der Waals surface area contributed by atoms with Crippen molar-refractivity contribution in [1.82, 2.24) is 28.7 Å². The number of rotatable bonds is 6. The summed E-state index contributed by atoms with van der Waals surface area (Å²) >= 11 is 0. The zero-order valence-electron chi connectivity index (χ0n) is 50.9. The smallest absolute Gasteiger partial charge is 0.164 e. The maximum Gasteiger partial charge on any atom is 0.164 e. The number of nitrogens with zero attached hydrogens (tertiary/aromatic N) is 6. The van der Waals surface area contributed by atoms with Crippen molar-refractivity contribution in [3.05, 3.63) is 288 Å². The van der Waals surface area contributed by atoms with E-state index in [2.05, 4.69) is 310 Å². The topological polar surface area (TPSA) is 53.5 Å². The maximum absolute atomic E-state index is 5.51. The van der Waals surface area contributed by atoms with Crippen LogP contribution in [0.5, 0.6) is 0 Å². The lowest BCUT2D eigenvalue weighted by molar-refractivity contribution is 0.661. The molecule has 0 atom stereocenters. The second-order valence-corrected chi connectivity index (χ2v) is 26.8. The van der Waals surface area contributed by atoms with Crippen molar-refractivity contribution in [2.24, 2.45) is 0 Å². The minimum absolute atomic E-state index is 0.109. The van der Waals surface area contributed by atoms with E-state index in [4.69, 9.17) is 15.0 Å². The summed E-state index contributed by atoms with van der Waals surface area (Å²) in [7, 11) is 0. The van der Waals surface area contributed by atoms with Gasteiger partial charge in [-0.25, -0.2) is 15.0 Å². The minimum Gasteiger partial charge on any atom is -0.309 e. The molecule has 0 unspecified atom stereocenters. The van der Waals surface area contributed by atoms with Crippen LogP contribution in [-0.4, -0.2) is 28.7 Å². The van der Waals surface area contributed by atoms with Crippen molar-refractivity contribution in [3.8, 4) is 84.6 Å². The molecule has 16 aromatic rings. The molecule has 6 nitrogen and oxygen atoms in total. The van der Waals surface area contributed by atoms with Gasteiger partial charge in [-0.2, -0.15) is 0 Å². The Labute approximate surface area is 521 Å². The van der Waals surface area contributed by atoms with Crippen LogP contribution in [-0.2, 0) is 16.2 Å². The third kappa shape index (κ3) is 6.96. The number of aromatic nitrogens is 6. The molecule has 4 heterocycles. The fourth-order valence-electron chi connectivity index (χ4n) is 16.4. The molecule has 0 spiro atoms. The predicted octanol–water partition coefficient (Wildman–Crippen LogP) is 21.1. The van der Waals surface area contributed by atoms with Gasteiger partial charge < -0.3 is 13.7 Å². The van der Waals surface area contributed by atoms with Gasteiger partial charge in [-0.1, -0.05) is 193 Å². The van der Waals surface area contributed by atoms with E-state index in [9.17, 15) is 0 Å². The highest BCUT2D eigenvalue weighted by Gasteiger charge is 2.39. The molecule has 426 valence electrons. The molecule has 12 aromatic carbocycles. The van der Waals surface area contributed by atoms with Gasteiger partial charge in [0.2, 0.25) is 0 Å². The van der Waals surface area contributed by atoms with Gasteiger partial charge in [0.25, 0.3) is 0 Å². The Morgan fingerprint density at radius 1 is 0.222 bits per heavy atom. The summed E-state index contributed by atoms with van der Waals surface area (Å²) < 4.78 is 7.28. The molecule has 0 bridgehead atoms. The molecule has 19 rings (SSSR count). The largest absolute Gasteiger partial charge is 0.309 e. The van der Waals surface area contributed by atoms with E-state index in [1.54, 1.807) is 0 Å². The zero-order valence-corrected chi connectivity index (χ0v) is 50.9. The summed E-state index contributed by atoms with van der Waals surface area (Å²) in [5.41, 5.74) is 28.4. The summed E-state index contributed by atoms with van der Waals surface area (Å²) in [6.07, 6.45) is 0. The second-order valence-electron chi connectivity index (χ2n) is 26.8. The van der Waals surface area contributed by atoms with E-state index in [0.717, 1.165) is 55.8 Å². The van der Waals surface area contributed by atoms with E-state index in [1.165, 1.54) is 110 Å². The van der Waals surface area contributed by atoms with Crippen LogP contribution in [0.2, 0.25) is 0 Å². The van der Waals surface area contributed by atoms with Crippen LogP contribution in [0.3, 0.4) is 0 Å². The Kier molecular flexibility index (Phi) is 10.3. The molecular formula is C84H60N6. The third-order valence-corrected chi connectivity index (χ3v) is 20.9. The van der Waals surface area contributed by atoms with Crippen molar-refractivity contribution in [3.63, 3.8) is 0 Å². The first kappa shape index (κ1) is 51.1. The third-order valence-electron chi connectivity index (χ3n) is 20.9. The molecule has 3 aliphatic rings. The molecule has 0 aliphatic heterocycles. The highest BCUT2D eigenvalue weighted by Crippen LogP contribution is 2.54. The molecule has 0 fully saturated rings. The van der Waals surface area contributed by atoms with E-state index in [1.807, 2.05) is 0 Å². The quantitative estimate of drug-likeness (QED) is 0.167. The number of para-hydroxylation sites is 3. The Morgan fingerprint density at radius 3 is 0.922 bits per heavy atom. The van der Waals surface area contributed by atoms with Crippen LogP contribution < -0.4 is 0 Å². The van der Waals surface area contributed by atoms with Gasteiger partial charge in [-0.15, -0.1) is 0 Å². The lowest BCUT2D eigenvalue weighted by atomic mass is 9.82. The van der Waals surface area contributed by atoms with Crippen LogP contribution in [0.4, 0.5) is 0 Å². The maximum atomic E-state index is 5.51. The highest BCUT2D eigenvalue weighted by atomic mass is 15.0. The van der Waals surface area contributed by atoms with E-state index >= 15 is 0 Å². The summed E-state index contributed by atoms with van der Waals surface area (Å²) in [6, 6.07) is 94.2. The summed E-state index contributed by atoms with van der Waals surface area (Å²) in [6.45, 7) is 14.2. The van der Waals surface area contributed by atoms with E-state index in [0.29, 0.717) is 17.5 Å². The first-order valence-electron chi connectivity index (χ1n) is 31.5. The fourth-order valence-corrected chi connectivity index (χ4v) is 16.4. The lowest BCUT2D eigenvalue weighted by Gasteiger charge is -2.21. The number of benzene rings is 12. The number of hydrogen-bond acceptors (Lipinski definition) is 3. The molecule has 0 amide bonds. The normalized spacial score (nSPS) is 14.6. The molecule has 3 aliphatic carbocycles. The van der Waals surface area contributed by atoms with Crippen molar-refractivity contribution in [2.45, 2.75) is 57.8 Å². The molecule has 0 saturated heterocycles. The average Bonchev–Trinajstić information content (AvgIpc) is 1.58. The minimum atomic E-state index is -0.124. The second kappa shape index (κ2) is 18.1. The molecule has 0 N–H and O–H groups in total. The summed E-state index contributed by atoms with van der Waals surface area (Å²) in [4.78, 5) is 16.5. The summed E-state index contributed by atoms with van der Waals surface area (Å²) in [5.74, 6) is 1.78. The Morgan fingerprint density at radius 2 is 0.544 bits per heavy atom. The van der Waals surface area contributed by atoms with E-state index < -0.39 is 0 Å². The first-order valence-corrected chi connectivity index (χ1v) is 31.5. The van der Waals surface area contributed by atoms with Crippen LogP contribution >= 0.6 is 0 Å². The first-order chi connectivity index (χ1) is 43.9. The monoisotopic (exact) mass is 1150 g/mol. The standard InChI is InChI=1S/C84H60N6/c1-82(2)67-31-13-7-25-55(67)61-46-76-64(43-70(61)82)58-28-10-16-34-73(58)88(76)52-39-37-49(38-40-52)79-85-80(50-21-19-23-53(41-50)89-74-35-17-11-29-59(74)65-44-71-62(47-77(65)89)56-26-8-14-32-68(56)83(71,3)4)87-81(86-79)51-22-20-24-54(42-51)90-75-36-18-12-30-60(75)66-45-72-63(48-78(66)90)57-27-9-15-33-69(57)84(72,5)6/h7-48H,1-6H3. The molecule has 0 saturated carbocycles. The SMILES string of the molecule is CC1(C)c2ccccc2-c2cc3c(cc21)c1ccccc1n3-c1ccc(-c2nc(-c3cccc(-n4c5ccccc5c5cc6c(cc54)-c4ccccc4C6(C)C)c3)nc(-c3cccc(-n4c5ccccc5c5cc6c(cc54)-c4ccccc4C6(C)C)c3)n2)cc1. The van der Waals surface area contributed by atoms with Crippen molar-refractivity contribution in [2.75, 3.05) is 0 Å². The predicted molar refractivity (Wildman–Crippen MR) is 372 cm³/mol. The lowest BCUT2D eigenvalue weighted by Crippen LogP contribution is -2.14. The summed E-state index contributed by atoms with van der Waals surface area (Å²) in [5, 5.41) is 7.42. The zero-order chi connectivity index (χ0) is 60.1. The van der Waals surface area contributed by atoms with Crippen molar-refractivity contribution in [1.29, 1.82) is 0 Å². The number of fused-ring (bicyclic) bond motifs is 18.